The molecule has 37 heavy (non-hydrogen) atoms. The van der Waals surface area contributed by atoms with Crippen LogP contribution in [0.15, 0.2) is 34.8 Å². The van der Waals surface area contributed by atoms with Gasteiger partial charge in [-0.2, -0.15) is 5.10 Å². The summed E-state index contributed by atoms with van der Waals surface area (Å²) in [4.78, 5) is 44.1. The minimum atomic E-state index is -1.14. The van der Waals surface area contributed by atoms with Crippen LogP contribution in [0.2, 0.25) is 0 Å². The SMILES string of the molecule is C[C@H]1CN(C2CC2)C(=O)C2=C(O)C3C(=O)N4Cc5ccc(F)cc5OCCCCCNC(=O)C(=N4)C3N21. The Morgan fingerprint density at radius 1 is 1.16 bits per heavy atom. The molecule has 2 fully saturated rings. The first-order chi connectivity index (χ1) is 17.8. The van der Waals surface area contributed by atoms with E-state index in [9.17, 15) is 23.9 Å². The van der Waals surface area contributed by atoms with Gasteiger partial charge in [-0.3, -0.25) is 14.4 Å². The summed E-state index contributed by atoms with van der Waals surface area (Å²) in [7, 11) is 0. The Kier molecular flexibility index (Phi) is 5.80. The molecule has 4 heterocycles. The van der Waals surface area contributed by atoms with Crippen molar-refractivity contribution in [3.8, 4) is 5.75 Å². The molecule has 196 valence electrons. The molecule has 1 aromatic rings. The van der Waals surface area contributed by atoms with Gasteiger partial charge in [0.05, 0.1) is 19.2 Å². The first-order valence-electron chi connectivity index (χ1n) is 13.0. The topological polar surface area (TPSA) is 115 Å². The molecule has 6 rings (SSSR count). The monoisotopic (exact) mass is 511 g/mol. The van der Waals surface area contributed by atoms with Crippen LogP contribution in [-0.2, 0) is 20.9 Å². The average Bonchev–Trinajstić information content (AvgIpc) is 3.66. The molecular formula is C26H30FN5O5. The van der Waals surface area contributed by atoms with Crippen molar-refractivity contribution < 1.29 is 28.6 Å². The number of carbonyl (C=O) groups excluding carboxylic acids is 3. The van der Waals surface area contributed by atoms with E-state index >= 15 is 0 Å². The number of hydrazone groups is 1. The summed E-state index contributed by atoms with van der Waals surface area (Å²) in [5.74, 6) is -2.89. The van der Waals surface area contributed by atoms with E-state index in [1.807, 2.05) is 6.92 Å². The molecule has 0 radical (unpaired) electrons. The Labute approximate surface area is 213 Å². The van der Waals surface area contributed by atoms with Crippen molar-refractivity contribution in [2.75, 3.05) is 19.7 Å². The summed E-state index contributed by atoms with van der Waals surface area (Å²) < 4.78 is 19.8. The molecule has 3 amide bonds. The number of benzene rings is 1. The number of halogens is 1. The van der Waals surface area contributed by atoms with Crippen LogP contribution < -0.4 is 10.1 Å². The molecule has 1 saturated heterocycles. The van der Waals surface area contributed by atoms with Gasteiger partial charge >= 0.3 is 0 Å². The van der Waals surface area contributed by atoms with Gasteiger partial charge in [0.25, 0.3) is 17.7 Å². The number of aliphatic hydroxyl groups excluding tert-OH is 1. The number of amides is 3. The molecule has 2 bridgehead atoms. The molecule has 2 unspecified atom stereocenters. The number of aliphatic hydroxyl groups is 1. The standard InChI is InChI=1S/C26H30FN5O5/c1-14-12-30(17-7-8-17)26(36)22-23(33)19-21(32(14)22)20-24(34)28-9-3-2-4-10-37-18-11-16(27)6-5-15(18)13-31(29-20)25(19)35/h5-6,11,14,17,19,21,33H,2-4,7-10,12-13H2,1H3,(H,28,34)/t14-,19?,21?/m0/s1. The molecule has 1 saturated carbocycles. The molecule has 5 aliphatic rings. The van der Waals surface area contributed by atoms with Crippen molar-refractivity contribution in [2.24, 2.45) is 11.0 Å². The largest absolute Gasteiger partial charge is 0.509 e. The normalized spacial score (nSPS) is 28.6. The maximum Gasteiger partial charge on any atom is 0.274 e. The number of ether oxygens (including phenoxy) is 1. The molecule has 10 nitrogen and oxygen atoms in total. The van der Waals surface area contributed by atoms with Crippen LogP contribution >= 0.6 is 0 Å². The van der Waals surface area contributed by atoms with Crippen LogP contribution in [0.4, 0.5) is 4.39 Å². The van der Waals surface area contributed by atoms with E-state index in [-0.39, 0.29) is 41.7 Å². The number of nitrogens with zero attached hydrogens (tertiary/aromatic N) is 4. The Bertz CT molecular complexity index is 1230. The van der Waals surface area contributed by atoms with Gasteiger partial charge in [0.15, 0.2) is 0 Å². The van der Waals surface area contributed by atoms with Crippen molar-refractivity contribution >= 4 is 23.4 Å². The van der Waals surface area contributed by atoms with Crippen LogP contribution in [0, 0.1) is 11.7 Å². The zero-order chi connectivity index (χ0) is 25.8. The van der Waals surface area contributed by atoms with Crippen molar-refractivity contribution in [3.05, 3.63) is 41.0 Å². The summed E-state index contributed by atoms with van der Waals surface area (Å²) in [6.07, 6.45) is 4.08. The second-order valence-corrected chi connectivity index (χ2v) is 10.4. The van der Waals surface area contributed by atoms with Gasteiger partial charge < -0.3 is 25.0 Å². The number of nitrogens with one attached hydrogen (secondary N) is 1. The Balaban J connectivity index is 1.42. The van der Waals surface area contributed by atoms with Crippen LogP contribution in [0.5, 0.6) is 5.75 Å². The summed E-state index contributed by atoms with van der Waals surface area (Å²) in [5, 5.41) is 19.8. The summed E-state index contributed by atoms with van der Waals surface area (Å²) in [6.45, 7) is 3.08. The van der Waals surface area contributed by atoms with Gasteiger partial charge in [0.1, 0.15) is 34.7 Å². The van der Waals surface area contributed by atoms with Crippen LogP contribution in [0.25, 0.3) is 0 Å². The fourth-order valence-electron chi connectivity index (χ4n) is 5.80. The minimum absolute atomic E-state index is 0.0746. The third-order valence-corrected chi connectivity index (χ3v) is 7.77. The van der Waals surface area contributed by atoms with Gasteiger partial charge in [-0.15, -0.1) is 0 Å². The highest BCUT2D eigenvalue weighted by atomic mass is 19.1. The van der Waals surface area contributed by atoms with Crippen molar-refractivity contribution in [2.45, 2.75) is 63.7 Å². The first kappa shape index (κ1) is 23.7. The van der Waals surface area contributed by atoms with E-state index in [4.69, 9.17) is 4.74 Å². The number of hydrogen-bond acceptors (Lipinski definition) is 7. The number of piperazine rings is 1. The molecule has 1 aliphatic carbocycles. The first-order valence-corrected chi connectivity index (χ1v) is 13.0. The fourth-order valence-corrected chi connectivity index (χ4v) is 5.80. The lowest BCUT2D eigenvalue weighted by molar-refractivity contribution is -0.139. The van der Waals surface area contributed by atoms with E-state index < -0.39 is 29.6 Å². The Morgan fingerprint density at radius 2 is 1.97 bits per heavy atom. The van der Waals surface area contributed by atoms with E-state index in [1.165, 1.54) is 18.2 Å². The average molecular weight is 512 g/mol. The van der Waals surface area contributed by atoms with Gasteiger partial charge in [-0.05, 0) is 45.1 Å². The van der Waals surface area contributed by atoms with Crippen molar-refractivity contribution in [3.63, 3.8) is 0 Å². The van der Waals surface area contributed by atoms with Gasteiger partial charge in [0.2, 0.25) is 0 Å². The van der Waals surface area contributed by atoms with E-state index in [0.29, 0.717) is 37.4 Å². The summed E-state index contributed by atoms with van der Waals surface area (Å²) >= 11 is 0. The molecule has 4 aliphatic heterocycles. The van der Waals surface area contributed by atoms with Gasteiger partial charge in [-0.25, -0.2) is 9.40 Å². The number of fused-ring (bicyclic) bond motifs is 6. The second kappa shape index (κ2) is 9.04. The predicted octanol–water partition coefficient (Wildman–Crippen LogP) is 1.67. The minimum Gasteiger partial charge on any atom is -0.509 e. The fraction of sp³-hybridized carbons (Fsp3) is 0.538. The van der Waals surface area contributed by atoms with Crippen molar-refractivity contribution in [1.82, 2.24) is 20.1 Å². The maximum absolute atomic E-state index is 14.0. The molecule has 1 aromatic carbocycles. The third kappa shape index (κ3) is 4.00. The third-order valence-electron chi connectivity index (χ3n) is 7.77. The van der Waals surface area contributed by atoms with Gasteiger partial charge in [0, 0.05) is 36.8 Å². The maximum atomic E-state index is 14.0. The highest BCUT2D eigenvalue weighted by Gasteiger charge is 2.58. The molecule has 11 heteroatoms. The zero-order valence-electron chi connectivity index (χ0n) is 20.7. The lowest BCUT2D eigenvalue weighted by Crippen LogP contribution is -2.61. The van der Waals surface area contributed by atoms with Crippen LogP contribution in [-0.4, -0.2) is 81.2 Å². The Morgan fingerprint density at radius 3 is 2.76 bits per heavy atom. The molecule has 0 spiro atoms. The van der Waals surface area contributed by atoms with Crippen LogP contribution in [0.3, 0.4) is 0 Å². The zero-order valence-corrected chi connectivity index (χ0v) is 20.7. The van der Waals surface area contributed by atoms with E-state index in [1.54, 1.807) is 9.80 Å². The number of carbonyl (C=O) groups is 3. The quantitative estimate of drug-likeness (QED) is 0.593. The highest BCUT2D eigenvalue weighted by Crippen LogP contribution is 2.44. The molecule has 3 atom stereocenters. The number of hydrogen-bond donors (Lipinski definition) is 2. The van der Waals surface area contributed by atoms with Crippen molar-refractivity contribution in [1.29, 1.82) is 0 Å². The van der Waals surface area contributed by atoms with E-state index in [2.05, 4.69) is 10.4 Å². The number of rotatable bonds is 1. The molecular weight excluding hydrogens is 481 g/mol. The molecule has 0 aromatic heterocycles. The summed E-state index contributed by atoms with van der Waals surface area (Å²) in [6, 6.07) is 3.14. The smallest absolute Gasteiger partial charge is 0.274 e. The Hall–Kier alpha value is -3.63. The summed E-state index contributed by atoms with van der Waals surface area (Å²) in [5.41, 5.74) is 0.688. The van der Waals surface area contributed by atoms with E-state index in [0.717, 1.165) is 30.7 Å². The highest BCUT2D eigenvalue weighted by molar-refractivity contribution is 6.42. The lowest BCUT2D eigenvalue weighted by Gasteiger charge is -2.44. The van der Waals surface area contributed by atoms with Gasteiger partial charge in [-0.1, -0.05) is 6.07 Å². The predicted molar refractivity (Wildman–Crippen MR) is 130 cm³/mol. The van der Waals surface area contributed by atoms with Crippen LogP contribution in [0.1, 0.15) is 44.6 Å². The lowest BCUT2D eigenvalue weighted by atomic mass is 9.91. The molecule has 2 N–H and O–H groups in total. The second-order valence-electron chi connectivity index (χ2n) is 10.4.